The van der Waals surface area contributed by atoms with Crippen LogP contribution in [0.15, 0.2) is 22.8 Å². The van der Waals surface area contributed by atoms with Gasteiger partial charge < -0.3 is 0 Å². The van der Waals surface area contributed by atoms with Gasteiger partial charge >= 0.3 is 0 Å². The maximum absolute atomic E-state index is 5.31. The molecule has 0 bridgehead atoms. The Morgan fingerprint density at radius 2 is 1.82 bits per heavy atom. The van der Waals surface area contributed by atoms with Crippen LogP contribution < -0.4 is 0 Å². The van der Waals surface area contributed by atoms with E-state index in [9.17, 15) is 0 Å². The molecule has 1 atom stereocenters. The smallest absolute Gasteiger partial charge is 0.0252 e. The van der Waals surface area contributed by atoms with Crippen LogP contribution in [0.25, 0.3) is 0 Å². The van der Waals surface area contributed by atoms with Gasteiger partial charge in [-0.25, -0.2) is 0 Å². The predicted molar refractivity (Wildman–Crippen MR) is 53.9 cm³/mol. The normalized spacial score (nSPS) is 25.6. The molecular formula is C10H14S. The monoisotopic (exact) mass is 166 g/mol. The summed E-state index contributed by atoms with van der Waals surface area (Å²) in [5.74, 6) is 0.466. The molecule has 11 heavy (non-hydrogen) atoms. The summed E-state index contributed by atoms with van der Waals surface area (Å²) < 4.78 is 0. The zero-order valence-electron chi connectivity index (χ0n) is 7.56. The van der Waals surface area contributed by atoms with Crippen LogP contribution in [0.2, 0.25) is 0 Å². The molecule has 0 fully saturated rings. The maximum atomic E-state index is 5.31. The highest BCUT2D eigenvalue weighted by molar-refractivity contribution is 7.80. The van der Waals surface area contributed by atoms with Crippen LogP contribution in [0.3, 0.4) is 0 Å². The molecule has 0 spiro atoms. The van der Waals surface area contributed by atoms with Gasteiger partial charge in [0.15, 0.2) is 0 Å². The Balaban J connectivity index is 3.11. The largest absolute Gasteiger partial charge is 0.0840 e. The molecule has 0 heterocycles. The lowest BCUT2D eigenvalue weighted by molar-refractivity contribution is 0.910. The lowest BCUT2D eigenvalue weighted by Crippen LogP contribution is -2.15. The molecule has 1 heteroatoms. The maximum Gasteiger partial charge on any atom is 0.0252 e. The average Bonchev–Trinajstić information content (AvgIpc) is 1.97. The second-order valence-electron chi connectivity index (χ2n) is 3.28. The van der Waals surface area contributed by atoms with Gasteiger partial charge in [-0.2, -0.15) is 0 Å². The van der Waals surface area contributed by atoms with Gasteiger partial charge in [0.25, 0.3) is 0 Å². The number of hydrogen-bond acceptors (Lipinski definition) is 1. The summed E-state index contributed by atoms with van der Waals surface area (Å²) in [5, 5.41) is 0. The Hall–Kier alpha value is -0.430. The van der Waals surface area contributed by atoms with E-state index in [1.807, 2.05) is 0 Å². The van der Waals surface area contributed by atoms with Crippen LogP contribution in [0.1, 0.15) is 27.7 Å². The van der Waals surface area contributed by atoms with Gasteiger partial charge in [0.1, 0.15) is 0 Å². The van der Waals surface area contributed by atoms with Crippen molar-refractivity contribution in [3.63, 3.8) is 0 Å². The van der Waals surface area contributed by atoms with Crippen LogP contribution in [0, 0.1) is 5.92 Å². The zero-order valence-corrected chi connectivity index (χ0v) is 8.38. The molecule has 0 saturated carbocycles. The van der Waals surface area contributed by atoms with Crippen LogP contribution in [-0.2, 0) is 0 Å². The first-order valence-corrected chi connectivity index (χ1v) is 4.34. The topological polar surface area (TPSA) is 0 Å². The highest BCUT2D eigenvalue weighted by atomic mass is 32.1. The van der Waals surface area contributed by atoms with Gasteiger partial charge in [0, 0.05) is 10.8 Å². The molecule has 0 aromatic carbocycles. The molecule has 60 valence electrons. The van der Waals surface area contributed by atoms with Crippen molar-refractivity contribution < 1.29 is 0 Å². The van der Waals surface area contributed by atoms with E-state index in [4.69, 9.17) is 12.2 Å². The SMILES string of the molecule is CC1=CC(C)=C(C)C(=S)C1C. The second-order valence-corrected chi connectivity index (χ2v) is 3.72. The Kier molecular flexibility index (Phi) is 2.28. The van der Waals surface area contributed by atoms with Crippen molar-refractivity contribution >= 4 is 17.1 Å². The van der Waals surface area contributed by atoms with E-state index in [2.05, 4.69) is 33.8 Å². The van der Waals surface area contributed by atoms with E-state index in [1.165, 1.54) is 16.7 Å². The van der Waals surface area contributed by atoms with Gasteiger partial charge in [0.2, 0.25) is 0 Å². The second kappa shape index (κ2) is 2.90. The number of thiocarbonyl (C=S) groups is 1. The van der Waals surface area contributed by atoms with E-state index < -0.39 is 0 Å². The Morgan fingerprint density at radius 3 is 2.36 bits per heavy atom. The lowest BCUT2D eigenvalue weighted by atomic mass is 9.86. The quantitative estimate of drug-likeness (QED) is 0.498. The molecule has 1 rings (SSSR count). The van der Waals surface area contributed by atoms with Crippen molar-refractivity contribution in [3.05, 3.63) is 22.8 Å². The van der Waals surface area contributed by atoms with E-state index >= 15 is 0 Å². The van der Waals surface area contributed by atoms with Gasteiger partial charge in [0.05, 0.1) is 0 Å². The standard InChI is InChI=1S/C10H14S/c1-6-5-7(2)9(4)10(11)8(6)3/h5,8H,1-4H3. The third-order valence-electron chi connectivity index (χ3n) is 2.48. The van der Waals surface area contributed by atoms with Gasteiger partial charge in [-0.05, 0) is 31.9 Å². The molecular weight excluding hydrogens is 152 g/mol. The third kappa shape index (κ3) is 1.43. The van der Waals surface area contributed by atoms with Crippen LogP contribution in [-0.4, -0.2) is 4.86 Å². The molecule has 0 aromatic rings. The van der Waals surface area contributed by atoms with Crippen LogP contribution >= 0.6 is 12.2 Å². The fourth-order valence-corrected chi connectivity index (χ4v) is 1.65. The molecule has 1 aliphatic rings. The summed E-state index contributed by atoms with van der Waals surface area (Å²) >= 11 is 5.31. The summed E-state index contributed by atoms with van der Waals surface area (Å²) in [5.41, 5.74) is 4.00. The summed E-state index contributed by atoms with van der Waals surface area (Å²) in [4.78, 5) is 1.11. The van der Waals surface area contributed by atoms with Crippen LogP contribution in [0.4, 0.5) is 0 Å². The van der Waals surface area contributed by atoms with E-state index in [-0.39, 0.29) is 0 Å². The minimum atomic E-state index is 0.466. The van der Waals surface area contributed by atoms with E-state index in [0.717, 1.165) is 4.86 Å². The molecule has 0 aliphatic heterocycles. The van der Waals surface area contributed by atoms with Gasteiger partial charge in [-0.15, -0.1) is 0 Å². The van der Waals surface area contributed by atoms with Crippen molar-refractivity contribution in [3.8, 4) is 0 Å². The molecule has 0 radical (unpaired) electrons. The highest BCUT2D eigenvalue weighted by Crippen LogP contribution is 2.26. The summed E-state index contributed by atoms with van der Waals surface area (Å²) in [6, 6.07) is 0. The van der Waals surface area contributed by atoms with E-state index in [1.54, 1.807) is 0 Å². The summed E-state index contributed by atoms with van der Waals surface area (Å²) in [6.45, 7) is 8.55. The molecule has 1 unspecified atom stereocenters. The summed E-state index contributed by atoms with van der Waals surface area (Å²) in [6.07, 6.45) is 2.23. The predicted octanol–water partition coefficient (Wildman–Crippen LogP) is 3.29. The Labute approximate surface area is 74.0 Å². The van der Waals surface area contributed by atoms with Crippen molar-refractivity contribution in [1.29, 1.82) is 0 Å². The Bertz CT molecular complexity index is 254. The van der Waals surface area contributed by atoms with E-state index in [0.29, 0.717) is 5.92 Å². The van der Waals surface area contributed by atoms with Crippen molar-refractivity contribution in [1.82, 2.24) is 0 Å². The average molecular weight is 166 g/mol. The fourth-order valence-electron chi connectivity index (χ4n) is 1.30. The fraction of sp³-hybridized carbons (Fsp3) is 0.500. The van der Waals surface area contributed by atoms with Gasteiger partial charge in [-0.3, -0.25) is 0 Å². The number of allylic oxidation sites excluding steroid dienone is 4. The van der Waals surface area contributed by atoms with Crippen molar-refractivity contribution in [2.24, 2.45) is 5.92 Å². The van der Waals surface area contributed by atoms with Crippen LogP contribution in [0.5, 0.6) is 0 Å². The van der Waals surface area contributed by atoms with Crippen molar-refractivity contribution in [2.75, 3.05) is 0 Å². The number of rotatable bonds is 0. The first-order chi connectivity index (χ1) is 5.04. The minimum absolute atomic E-state index is 0.466. The molecule has 1 aliphatic carbocycles. The first-order valence-electron chi connectivity index (χ1n) is 3.94. The summed E-state index contributed by atoms with van der Waals surface area (Å²) in [7, 11) is 0. The third-order valence-corrected chi connectivity index (χ3v) is 3.14. The molecule has 0 amide bonds. The molecule has 0 aromatic heterocycles. The highest BCUT2D eigenvalue weighted by Gasteiger charge is 2.17. The number of hydrogen-bond donors (Lipinski definition) is 0. The zero-order chi connectivity index (χ0) is 8.59. The molecule has 0 nitrogen and oxygen atoms in total. The molecule has 0 N–H and O–H groups in total. The van der Waals surface area contributed by atoms with Gasteiger partial charge in [-0.1, -0.05) is 30.8 Å². The minimum Gasteiger partial charge on any atom is -0.0840 e. The first kappa shape index (κ1) is 8.66. The Morgan fingerprint density at radius 1 is 1.27 bits per heavy atom. The molecule has 0 saturated heterocycles. The van der Waals surface area contributed by atoms with Crippen molar-refractivity contribution in [2.45, 2.75) is 27.7 Å². The lowest BCUT2D eigenvalue weighted by Gasteiger charge is -2.21.